The smallest absolute Gasteiger partial charge is 0.445 e. The van der Waals surface area contributed by atoms with Gasteiger partial charge in [-0.1, -0.05) is 42.4 Å². The average Bonchev–Trinajstić information content (AvgIpc) is 2.73. The largest absolute Gasteiger partial charge is 0.486 e. The molecule has 0 bridgehead atoms. The van der Waals surface area contributed by atoms with Crippen LogP contribution in [0.1, 0.15) is 33.3 Å². The molecule has 1 aliphatic rings. The summed E-state index contributed by atoms with van der Waals surface area (Å²) < 4.78 is 17.0. The molecule has 6 heteroatoms. The van der Waals surface area contributed by atoms with Crippen LogP contribution in [0.5, 0.6) is 0 Å². The number of ether oxygens (including phenoxy) is 1. The lowest BCUT2D eigenvalue weighted by atomic mass is 9.90. The zero-order valence-corrected chi connectivity index (χ0v) is 15.1. The van der Waals surface area contributed by atoms with E-state index in [4.69, 9.17) is 14.0 Å². The summed E-state index contributed by atoms with van der Waals surface area (Å²) in [5.74, 6) is 1.83. The minimum Gasteiger partial charge on any atom is -0.445 e. The molecule has 1 aromatic carbocycles. The molecule has 0 aliphatic carbocycles. The molecule has 0 saturated carbocycles. The van der Waals surface area contributed by atoms with Gasteiger partial charge in [0.05, 0.1) is 11.2 Å². The molecule has 0 N–H and O–H groups in total. The second-order valence-corrected chi connectivity index (χ2v) is 6.97. The molecule has 0 aromatic heterocycles. The van der Waals surface area contributed by atoms with Gasteiger partial charge in [0.2, 0.25) is 0 Å². The third-order valence-corrected chi connectivity index (χ3v) is 4.46. The number of hydrogen-bond acceptors (Lipinski definition) is 4. The summed E-state index contributed by atoms with van der Waals surface area (Å²) in [6.45, 7) is 8.73. The highest BCUT2D eigenvalue weighted by atomic mass is 16.7. The first kappa shape index (κ1) is 18.6. The maximum absolute atomic E-state index is 12.0. The van der Waals surface area contributed by atoms with Crippen molar-refractivity contribution in [2.45, 2.75) is 45.5 Å². The fraction of sp³-hybridized carbons (Fsp3) is 0.500. The number of benzene rings is 1. The van der Waals surface area contributed by atoms with Crippen molar-refractivity contribution in [3.63, 3.8) is 0 Å². The number of nitrogens with zero attached hydrogens (tertiary/aromatic N) is 1. The molecule has 0 radical (unpaired) electrons. The van der Waals surface area contributed by atoms with E-state index < -0.39 is 7.12 Å². The van der Waals surface area contributed by atoms with Gasteiger partial charge >= 0.3 is 13.2 Å². The SMILES string of the molecule is CN(C/C=C/B1OC(C)(C)C(C)(C)O1)C(=O)OCc1ccccc1. The van der Waals surface area contributed by atoms with Crippen LogP contribution in [-0.2, 0) is 20.7 Å². The van der Waals surface area contributed by atoms with Gasteiger partial charge in [-0.3, -0.25) is 0 Å². The van der Waals surface area contributed by atoms with Gasteiger partial charge in [-0.05, 0) is 33.3 Å². The Morgan fingerprint density at radius 3 is 2.33 bits per heavy atom. The molecule has 0 unspecified atom stereocenters. The van der Waals surface area contributed by atoms with Crippen LogP contribution in [0.15, 0.2) is 42.4 Å². The van der Waals surface area contributed by atoms with Gasteiger partial charge in [-0.25, -0.2) is 4.79 Å². The molecule has 1 heterocycles. The minimum absolute atomic E-state index is 0.269. The van der Waals surface area contributed by atoms with Crippen LogP contribution in [0.3, 0.4) is 0 Å². The summed E-state index contributed by atoms with van der Waals surface area (Å²) in [4.78, 5) is 13.5. The van der Waals surface area contributed by atoms with Crippen molar-refractivity contribution < 1.29 is 18.8 Å². The number of amides is 1. The Bertz CT molecular complexity index is 570. The molecule has 1 amide bonds. The monoisotopic (exact) mass is 331 g/mol. The second kappa shape index (κ2) is 7.41. The van der Waals surface area contributed by atoms with Gasteiger partial charge in [0, 0.05) is 13.6 Å². The van der Waals surface area contributed by atoms with Crippen LogP contribution in [0.2, 0.25) is 0 Å². The first-order valence-corrected chi connectivity index (χ1v) is 8.15. The fourth-order valence-electron chi connectivity index (χ4n) is 2.20. The molecule has 1 aliphatic heterocycles. The summed E-state index contributed by atoms with van der Waals surface area (Å²) in [5.41, 5.74) is 0.248. The highest BCUT2D eigenvalue weighted by Crippen LogP contribution is 2.36. The van der Waals surface area contributed by atoms with E-state index in [2.05, 4.69) is 0 Å². The number of rotatable bonds is 5. The van der Waals surface area contributed by atoms with Gasteiger partial charge in [-0.2, -0.15) is 0 Å². The van der Waals surface area contributed by atoms with Crippen molar-refractivity contribution in [3.8, 4) is 0 Å². The summed E-state index contributed by atoms with van der Waals surface area (Å²) >= 11 is 0. The topological polar surface area (TPSA) is 48.0 Å². The van der Waals surface area contributed by atoms with Gasteiger partial charge < -0.3 is 18.9 Å². The molecule has 24 heavy (non-hydrogen) atoms. The highest BCUT2D eigenvalue weighted by Gasteiger charge is 2.49. The molecule has 1 saturated heterocycles. The van der Waals surface area contributed by atoms with Gasteiger partial charge in [0.15, 0.2) is 0 Å². The van der Waals surface area contributed by atoms with Crippen molar-refractivity contribution in [3.05, 3.63) is 47.9 Å². The Kier molecular flexibility index (Phi) is 5.72. The molecular formula is C18H26BNO4. The molecule has 130 valence electrons. The molecule has 1 aromatic rings. The summed E-state index contributed by atoms with van der Waals surface area (Å²) in [6.07, 6.45) is 1.49. The lowest BCUT2D eigenvalue weighted by Crippen LogP contribution is -2.41. The summed E-state index contributed by atoms with van der Waals surface area (Å²) in [6, 6.07) is 9.61. The molecular weight excluding hydrogens is 305 g/mol. The van der Waals surface area contributed by atoms with E-state index in [9.17, 15) is 4.79 Å². The quantitative estimate of drug-likeness (QED) is 0.776. The van der Waals surface area contributed by atoms with Crippen LogP contribution >= 0.6 is 0 Å². The zero-order chi connectivity index (χ0) is 17.8. The predicted molar refractivity (Wildman–Crippen MR) is 94.5 cm³/mol. The highest BCUT2D eigenvalue weighted by molar-refractivity contribution is 6.51. The Balaban J connectivity index is 1.76. The molecule has 0 spiro atoms. The third-order valence-electron chi connectivity index (χ3n) is 4.46. The van der Waals surface area contributed by atoms with Crippen molar-refractivity contribution in [2.75, 3.05) is 13.6 Å². The van der Waals surface area contributed by atoms with Crippen molar-refractivity contribution in [1.82, 2.24) is 4.90 Å². The van der Waals surface area contributed by atoms with Crippen LogP contribution in [0.4, 0.5) is 4.79 Å². The molecule has 2 rings (SSSR count). The molecule has 5 nitrogen and oxygen atoms in total. The lowest BCUT2D eigenvalue weighted by molar-refractivity contribution is 0.00578. The first-order valence-electron chi connectivity index (χ1n) is 8.15. The Hall–Kier alpha value is -1.79. The molecule has 0 atom stereocenters. The average molecular weight is 331 g/mol. The normalized spacial score (nSPS) is 18.8. The predicted octanol–water partition coefficient (Wildman–Crippen LogP) is 3.44. The zero-order valence-electron chi connectivity index (χ0n) is 15.1. The lowest BCUT2D eigenvalue weighted by Gasteiger charge is -2.32. The van der Waals surface area contributed by atoms with Crippen LogP contribution in [0.25, 0.3) is 0 Å². The van der Waals surface area contributed by atoms with Gasteiger partial charge in [-0.15, -0.1) is 0 Å². The van der Waals surface area contributed by atoms with E-state index in [0.29, 0.717) is 6.54 Å². The van der Waals surface area contributed by atoms with E-state index in [1.807, 2.05) is 70.1 Å². The second-order valence-electron chi connectivity index (χ2n) is 6.97. The van der Waals surface area contributed by atoms with Gasteiger partial charge in [0.25, 0.3) is 0 Å². The minimum atomic E-state index is -0.399. The van der Waals surface area contributed by atoms with E-state index in [-0.39, 0.29) is 23.9 Å². The van der Waals surface area contributed by atoms with Crippen molar-refractivity contribution >= 4 is 13.2 Å². The van der Waals surface area contributed by atoms with Gasteiger partial charge in [0.1, 0.15) is 6.61 Å². The van der Waals surface area contributed by atoms with Crippen LogP contribution < -0.4 is 0 Å². The maximum atomic E-state index is 12.0. The number of hydrogen-bond donors (Lipinski definition) is 0. The fourth-order valence-corrected chi connectivity index (χ4v) is 2.20. The Labute approximate surface area is 144 Å². The Morgan fingerprint density at radius 1 is 1.17 bits per heavy atom. The van der Waals surface area contributed by atoms with E-state index in [1.165, 1.54) is 4.90 Å². The van der Waals surface area contributed by atoms with E-state index >= 15 is 0 Å². The third kappa shape index (κ3) is 4.62. The van der Waals surface area contributed by atoms with Crippen molar-refractivity contribution in [2.24, 2.45) is 0 Å². The number of likely N-dealkylation sites (N-methyl/N-ethyl adjacent to an activating group) is 1. The standard InChI is InChI=1S/C18H26BNO4/c1-17(2)18(3,4)24-19(23-17)12-9-13-20(5)16(21)22-14-15-10-7-6-8-11-15/h6-12H,13-14H2,1-5H3/b12-9+. The van der Waals surface area contributed by atoms with Crippen molar-refractivity contribution in [1.29, 1.82) is 0 Å². The van der Waals surface area contributed by atoms with E-state index in [1.54, 1.807) is 7.05 Å². The number of carbonyl (C=O) groups excluding carboxylic acids is 1. The Morgan fingerprint density at radius 2 is 1.75 bits per heavy atom. The maximum Gasteiger partial charge on any atom is 0.486 e. The van der Waals surface area contributed by atoms with Crippen LogP contribution in [-0.4, -0.2) is 42.9 Å². The summed E-state index contributed by atoms with van der Waals surface area (Å²) in [5, 5.41) is 0. The van der Waals surface area contributed by atoms with Crippen LogP contribution in [0, 0.1) is 0 Å². The number of carbonyl (C=O) groups is 1. The van der Waals surface area contributed by atoms with E-state index in [0.717, 1.165) is 5.56 Å². The molecule has 1 fully saturated rings. The first-order chi connectivity index (χ1) is 11.2. The summed E-state index contributed by atoms with van der Waals surface area (Å²) in [7, 11) is 1.30.